The van der Waals surface area contributed by atoms with E-state index in [1.54, 1.807) is 0 Å². The predicted octanol–water partition coefficient (Wildman–Crippen LogP) is 1.75. The molecule has 2 aliphatic rings. The van der Waals surface area contributed by atoms with Crippen LogP contribution in [-0.4, -0.2) is 64.9 Å². The molecular formula is C19H24N6O2. The second-order valence-electron chi connectivity index (χ2n) is 6.94. The van der Waals surface area contributed by atoms with E-state index in [0.29, 0.717) is 25.5 Å². The number of aromatic nitrogens is 3. The van der Waals surface area contributed by atoms with Gasteiger partial charge in [-0.2, -0.15) is 0 Å². The zero-order valence-corrected chi connectivity index (χ0v) is 15.5. The molecule has 0 aliphatic carbocycles. The maximum absolute atomic E-state index is 12.4. The standard InChI is InChI=1S/C19H24N6O2/c1-14-4-5-16(20-13-14)21-17-6-7-18(23-22-17)24-8-10-25(11-9-24)19(26)15-3-2-12-27-15/h4-7,13,15H,2-3,8-12H2,1H3,(H,20,21,22)/t15-/m1/s1. The van der Waals surface area contributed by atoms with Gasteiger partial charge >= 0.3 is 0 Å². The Morgan fingerprint density at radius 3 is 2.56 bits per heavy atom. The number of nitrogens with one attached hydrogen (secondary N) is 1. The van der Waals surface area contributed by atoms with Gasteiger partial charge in [0.2, 0.25) is 0 Å². The third-order valence-corrected chi connectivity index (χ3v) is 4.94. The summed E-state index contributed by atoms with van der Waals surface area (Å²) in [5, 5.41) is 11.7. The second kappa shape index (κ2) is 7.87. The van der Waals surface area contributed by atoms with Crippen LogP contribution in [0, 0.1) is 6.92 Å². The Morgan fingerprint density at radius 1 is 1.11 bits per heavy atom. The number of aryl methyl sites for hydroxylation is 1. The summed E-state index contributed by atoms with van der Waals surface area (Å²) >= 11 is 0. The van der Waals surface area contributed by atoms with E-state index in [2.05, 4.69) is 25.4 Å². The first kappa shape index (κ1) is 17.7. The highest BCUT2D eigenvalue weighted by Gasteiger charge is 2.30. The van der Waals surface area contributed by atoms with E-state index >= 15 is 0 Å². The van der Waals surface area contributed by atoms with Crippen molar-refractivity contribution in [3.8, 4) is 0 Å². The van der Waals surface area contributed by atoms with Crippen LogP contribution in [0.4, 0.5) is 17.5 Å². The first-order valence-electron chi connectivity index (χ1n) is 9.38. The molecule has 0 bridgehead atoms. The zero-order chi connectivity index (χ0) is 18.6. The summed E-state index contributed by atoms with van der Waals surface area (Å²) in [6, 6.07) is 7.75. The highest BCUT2D eigenvalue weighted by atomic mass is 16.5. The Morgan fingerprint density at radius 2 is 1.93 bits per heavy atom. The number of nitrogens with zero attached hydrogens (tertiary/aromatic N) is 5. The lowest BCUT2D eigenvalue weighted by atomic mass is 10.2. The number of amides is 1. The van der Waals surface area contributed by atoms with Gasteiger partial charge in [0, 0.05) is 39.0 Å². The number of pyridine rings is 1. The summed E-state index contributed by atoms with van der Waals surface area (Å²) in [6.45, 7) is 5.57. The van der Waals surface area contributed by atoms with Gasteiger partial charge in [0.05, 0.1) is 0 Å². The molecule has 8 heteroatoms. The minimum absolute atomic E-state index is 0.128. The lowest BCUT2D eigenvalue weighted by Crippen LogP contribution is -2.51. The zero-order valence-electron chi connectivity index (χ0n) is 15.5. The summed E-state index contributed by atoms with van der Waals surface area (Å²) in [7, 11) is 0. The summed E-state index contributed by atoms with van der Waals surface area (Å²) in [5.74, 6) is 2.34. The molecule has 2 aliphatic heterocycles. The average molecular weight is 368 g/mol. The molecule has 27 heavy (non-hydrogen) atoms. The molecule has 0 radical (unpaired) electrons. The van der Waals surface area contributed by atoms with E-state index in [4.69, 9.17) is 4.74 Å². The largest absolute Gasteiger partial charge is 0.368 e. The smallest absolute Gasteiger partial charge is 0.251 e. The quantitative estimate of drug-likeness (QED) is 0.880. The van der Waals surface area contributed by atoms with Crippen molar-refractivity contribution in [1.29, 1.82) is 0 Å². The monoisotopic (exact) mass is 368 g/mol. The Labute approximate surface area is 158 Å². The second-order valence-corrected chi connectivity index (χ2v) is 6.94. The summed E-state index contributed by atoms with van der Waals surface area (Å²) < 4.78 is 5.51. The van der Waals surface area contributed by atoms with Crippen molar-refractivity contribution in [3.63, 3.8) is 0 Å². The number of piperazine rings is 1. The molecular weight excluding hydrogens is 344 g/mol. The number of carbonyl (C=O) groups is 1. The van der Waals surface area contributed by atoms with Crippen LogP contribution < -0.4 is 10.2 Å². The van der Waals surface area contributed by atoms with Gasteiger partial charge in [0.15, 0.2) is 11.6 Å². The van der Waals surface area contributed by atoms with Gasteiger partial charge in [-0.3, -0.25) is 4.79 Å². The highest BCUT2D eigenvalue weighted by molar-refractivity contribution is 5.81. The summed E-state index contributed by atoms with van der Waals surface area (Å²) in [5.41, 5.74) is 1.11. The third kappa shape index (κ3) is 4.16. The summed E-state index contributed by atoms with van der Waals surface area (Å²) in [6.07, 6.45) is 3.39. The van der Waals surface area contributed by atoms with Crippen molar-refractivity contribution in [1.82, 2.24) is 20.1 Å². The Bertz CT molecular complexity index is 766. The molecule has 2 fully saturated rings. The fourth-order valence-electron chi connectivity index (χ4n) is 3.37. The van der Waals surface area contributed by atoms with Gasteiger partial charge in [-0.15, -0.1) is 10.2 Å². The fourth-order valence-corrected chi connectivity index (χ4v) is 3.37. The van der Waals surface area contributed by atoms with E-state index in [9.17, 15) is 4.79 Å². The average Bonchev–Trinajstić information content (AvgIpc) is 3.25. The van der Waals surface area contributed by atoms with Crippen molar-refractivity contribution in [3.05, 3.63) is 36.0 Å². The van der Waals surface area contributed by atoms with Crippen molar-refractivity contribution in [2.75, 3.05) is 43.0 Å². The van der Waals surface area contributed by atoms with Crippen LogP contribution in [0.3, 0.4) is 0 Å². The molecule has 0 spiro atoms. The number of ether oxygens (including phenoxy) is 1. The SMILES string of the molecule is Cc1ccc(Nc2ccc(N3CCN(C(=O)[C@H]4CCCO4)CC3)nn2)nc1. The van der Waals surface area contributed by atoms with E-state index in [-0.39, 0.29) is 12.0 Å². The normalized spacial score (nSPS) is 20.0. The number of hydrogen-bond donors (Lipinski definition) is 1. The first-order chi connectivity index (χ1) is 13.2. The van der Waals surface area contributed by atoms with Gasteiger partial charge in [-0.25, -0.2) is 4.98 Å². The number of hydrogen-bond acceptors (Lipinski definition) is 7. The van der Waals surface area contributed by atoms with Crippen LogP contribution in [0.15, 0.2) is 30.5 Å². The van der Waals surface area contributed by atoms with Crippen molar-refractivity contribution in [2.24, 2.45) is 0 Å². The molecule has 1 atom stereocenters. The highest BCUT2D eigenvalue weighted by Crippen LogP contribution is 2.19. The summed E-state index contributed by atoms with van der Waals surface area (Å²) in [4.78, 5) is 20.8. The molecule has 142 valence electrons. The van der Waals surface area contributed by atoms with Crippen LogP contribution in [0.2, 0.25) is 0 Å². The lowest BCUT2D eigenvalue weighted by molar-refractivity contribution is -0.141. The molecule has 1 N–H and O–H groups in total. The van der Waals surface area contributed by atoms with Crippen molar-refractivity contribution in [2.45, 2.75) is 25.9 Å². The van der Waals surface area contributed by atoms with Crippen molar-refractivity contribution < 1.29 is 9.53 Å². The van der Waals surface area contributed by atoms with Crippen LogP contribution in [0.5, 0.6) is 0 Å². The molecule has 2 saturated heterocycles. The van der Waals surface area contributed by atoms with Crippen LogP contribution >= 0.6 is 0 Å². The van der Waals surface area contributed by atoms with Gasteiger partial charge in [-0.05, 0) is 43.5 Å². The number of rotatable bonds is 4. The van der Waals surface area contributed by atoms with Gasteiger partial charge < -0.3 is 19.9 Å². The third-order valence-electron chi connectivity index (χ3n) is 4.94. The molecule has 1 amide bonds. The van der Waals surface area contributed by atoms with Gasteiger partial charge in [0.1, 0.15) is 11.9 Å². The van der Waals surface area contributed by atoms with Crippen LogP contribution in [-0.2, 0) is 9.53 Å². The Balaban J connectivity index is 1.32. The van der Waals surface area contributed by atoms with E-state index in [1.807, 2.05) is 42.3 Å². The molecule has 0 aromatic carbocycles. The van der Waals surface area contributed by atoms with Crippen LogP contribution in [0.25, 0.3) is 0 Å². The molecule has 2 aromatic rings. The molecule has 0 saturated carbocycles. The minimum atomic E-state index is -0.239. The molecule has 8 nitrogen and oxygen atoms in total. The first-order valence-corrected chi connectivity index (χ1v) is 9.38. The molecule has 4 heterocycles. The maximum Gasteiger partial charge on any atom is 0.251 e. The minimum Gasteiger partial charge on any atom is -0.368 e. The van der Waals surface area contributed by atoms with E-state index in [0.717, 1.165) is 43.1 Å². The Kier molecular flexibility index (Phi) is 5.15. The topological polar surface area (TPSA) is 83.5 Å². The molecule has 4 rings (SSSR count). The van der Waals surface area contributed by atoms with Gasteiger partial charge in [0.25, 0.3) is 5.91 Å². The van der Waals surface area contributed by atoms with E-state index in [1.165, 1.54) is 0 Å². The number of carbonyl (C=O) groups excluding carboxylic acids is 1. The predicted molar refractivity (Wildman–Crippen MR) is 102 cm³/mol. The number of anilines is 3. The Hall–Kier alpha value is -2.74. The van der Waals surface area contributed by atoms with Crippen LogP contribution in [0.1, 0.15) is 18.4 Å². The fraction of sp³-hybridized carbons (Fsp3) is 0.474. The molecule has 2 aromatic heterocycles. The van der Waals surface area contributed by atoms with Gasteiger partial charge in [-0.1, -0.05) is 6.07 Å². The molecule has 0 unspecified atom stereocenters. The maximum atomic E-state index is 12.4. The lowest BCUT2D eigenvalue weighted by Gasteiger charge is -2.36. The van der Waals surface area contributed by atoms with Crippen molar-refractivity contribution >= 4 is 23.4 Å². The van der Waals surface area contributed by atoms with E-state index < -0.39 is 0 Å².